The zero-order valence-corrected chi connectivity index (χ0v) is 17.8. The van der Waals surface area contributed by atoms with Crippen molar-refractivity contribution in [1.82, 2.24) is 25.1 Å². The molecule has 0 unspecified atom stereocenters. The number of fused-ring (bicyclic) bond motifs is 1. The number of pyridine rings is 2. The molecule has 2 aliphatic rings. The van der Waals surface area contributed by atoms with E-state index >= 15 is 0 Å². The first-order valence-electron chi connectivity index (χ1n) is 10.8. The second-order valence-corrected chi connectivity index (χ2v) is 8.15. The van der Waals surface area contributed by atoms with Crippen LogP contribution in [0.15, 0.2) is 60.9 Å². The molecule has 0 radical (unpaired) electrons. The summed E-state index contributed by atoms with van der Waals surface area (Å²) in [5, 5.41) is 16.9. The summed E-state index contributed by atoms with van der Waals surface area (Å²) < 4.78 is 30.5. The van der Waals surface area contributed by atoms with Crippen molar-refractivity contribution in [3.63, 3.8) is 0 Å². The molecule has 9 nitrogen and oxygen atoms in total. The first-order chi connectivity index (χ1) is 16.6. The molecular formula is C24H20FN5O4. The van der Waals surface area contributed by atoms with Gasteiger partial charge in [0, 0.05) is 35.2 Å². The lowest BCUT2D eigenvalue weighted by molar-refractivity contribution is 0.00780. The molecule has 34 heavy (non-hydrogen) atoms. The molecule has 2 fully saturated rings. The largest absolute Gasteiger partial charge is 0.469 e. The minimum absolute atomic E-state index is 0.253. The van der Waals surface area contributed by atoms with E-state index in [1.807, 2.05) is 18.2 Å². The molecule has 10 heteroatoms. The zero-order chi connectivity index (χ0) is 23.1. The fraction of sp³-hybridized carbons (Fsp3) is 0.250. The molecule has 6 rings (SSSR count). The topological polar surface area (TPSA) is 115 Å². The molecular weight excluding hydrogens is 441 g/mol. The Balaban J connectivity index is 1.14. The van der Waals surface area contributed by atoms with Crippen LogP contribution in [0.1, 0.15) is 0 Å². The number of aliphatic hydroxyl groups excluding tert-OH is 1. The second-order valence-electron chi connectivity index (χ2n) is 8.15. The van der Waals surface area contributed by atoms with Gasteiger partial charge in [-0.05, 0) is 30.3 Å². The Morgan fingerprint density at radius 1 is 0.941 bits per heavy atom. The van der Waals surface area contributed by atoms with Crippen LogP contribution in [-0.4, -0.2) is 67.9 Å². The third kappa shape index (κ3) is 3.92. The van der Waals surface area contributed by atoms with Gasteiger partial charge in [0.1, 0.15) is 24.1 Å². The highest BCUT2D eigenvalue weighted by Gasteiger charge is 2.48. The summed E-state index contributed by atoms with van der Waals surface area (Å²) in [6, 6.07) is 13.5. The molecule has 0 bridgehead atoms. The molecule has 3 aromatic heterocycles. The van der Waals surface area contributed by atoms with E-state index < -0.39 is 6.10 Å². The van der Waals surface area contributed by atoms with Gasteiger partial charge in [0.25, 0.3) is 0 Å². The van der Waals surface area contributed by atoms with Crippen LogP contribution < -0.4 is 4.74 Å². The van der Waals surface area contributed by atoms with Gasteiger partial charge in [-0.2, -0.15) is 5.10 Å². The summed E-state index contributed by atoms with van der Waals surface area (Å²) in [5.74, 6) is 1.06. The molecule has 4 aromatic rings. The number of H-pyrrole nitrogens is 1. The first kappa shape index (κ1) is 20.8. The third-order valence-corrected chi connectivity index (χ3v) is 5.89. The van der Waals surface area contributed by atoms with Crippen molar-refractivity contribution in [3.8, 4) is 39.9 Å². The van der Waals surface area contributed by atoms with Crippen molar-refractivity contribution in [3.05, 3.63) is 66.7 Å². The van der Waals surface area contributed by atoms with Crippen molar-refractivity contribution >= 4 is 0 Å². The van der Waals surface area contributed by atoms with Gasteiger partial charge in [0.15, 0.2) is 17.8 Å². The average Bonchev–Trinajstić information content (AvgIpc) is 3.59. The first-order valence-corrected chi connectivity index (χ1v) is 10.8. The Bertz CT molecular complexity index is 1300. The van der Waals surface area contributed by atoms with Crippen molar-refractivity contribution in [2.45, 2.75) is 24.4 Å². The van der Waals surface area contributed by atoms with Crippen molar-refractivity contribution in [2.75, 3.05) is 13.2 Å². The highest BCUT2D eigenvalue weighted by Crippen LogP contribution is 2.30. The second kappa shape index (κ2) is 8.56. The maximum Gasteiger partial charge on any atom is 0.213 e. The molecule has 0 saturated carbocycles. The summed E-state index contributed by atoms with van der Waals surface area (Å²) in [6.45, 7) is 0.601. The van der Waals surface area contributed by atoms with Crippen LogP contribution in [0, 0.1) is 5.82 Å². The SMILES string of the molecule is O[C@@H]1CO[C@H]2[C@@H]1OC[C@@H]2Oc1ccc(-c2ccc(-c3n[nH]c(-c4cccc(F)c4)n3)cn2)cn1. The Hall–Kier alpha value is -3.73. The molecule has 4 atom stereocenters. The number of ether oxygens (including phenoxy) is 3. The van der Waals surface area contributed by atoms with Crippen LogP contribution in [0.5, 0.6) is 5.88 Å². The maximum absolute atomic E-state index is 13.5. The normalized spacial score (nSPS) is 23.7. The van der Waals surface area contributed by atoms with Crippen LogP contribution in [-0.2, 0) is 9.47 Å². The van der Waals surface area contributed by atoms with Crippen molar-refractivity contribution < 1.29 is 23.7 Å². The Kier molecular flexibility index (Phi) is 5.25. The minimum Gasteiger partial charge on any atom is -0.469 e. The van der Waals surface area contributed by atoms with Gasteiger partial charge >= 0.3 is 0 Å². The molecule has 2 aliphatic heterocycles. The van der Waals surface area contributed by atoms with Crippen LogP contribution in [0.2, 0.25) is 0 Å². The van der Waals surface area contributed by atoms with Crippen LogP contribution in [0.3, 0.4) is 0 Å². The summed E-state index contributed by atoms with van der Waals surface area (Å²) in [5.41, 5.74) is 2.90. The standard InChI is InChI=1S/C24H20FN5O4/c25-16-3-1-2-13(8-16)23-28-24(30-29-23)15-4-6-17(26-10-15)14-5-7-20(27-9-14)34-19-12-33-21-18(31)11-32-22(19)21/h1-10,18-19,21-22,31H,11-12H2,(H,28,29,30)/t18-,19+,21-,22-/m1/s1. The predicted molar refractivity (Wildman–Crippen MR) is 118 cm³/mol. The number of nitrogens with zero attached hydrogens (tertiary/aromatic N) is 4. The highest BCUT2D eigenvalue weighted by molar-refractivity contribution is 5.64. The van der Waals surface area contributed by atoms with Gasteiger partial charge in [-0.3, -0.25) is 10.1 Å². The number of aromatic nitrogens is 5. The fourth-order valence-electron chi connectivity index (χ4n) is 4.15. The van der Waals surface area contributed by atoms with Gasteiger partial charge in [-0.25, -0.2) is 14.4 Å². The Morgan fingerprint density at radius 3 is 2.59 bits per heavy atom. The number of hydrogen-bond acceptors (Lipinski definition) is 8. The maximum atomic E-state index is 13.5. The van der Waals surface area contributed by atoms with E-state index in [0.29, 0.717) is 29.7 Å². The summed E-state index contributed by atoms with van der Waals surface area (Å²) in [4.78, 5) is 13.3. The van der Waals surface area contributed by atoms with Gasteiger partial charge < -0.3 is 19.3 Å². The molecule has 0 aliphatic carbocycles. The zero-order valence-electron chi connectivity index (χ0n) is 17.8. The van der Waals surface area contributed by atoms with Crippen molar-refractivity contribution in [2.24, 2.45) is 0 Å². The molecule has 0 amide bonds. The third-order valence-electron chi connectivity index (χ3n) is 5.89. The predicted octanol–water partition coefficient (Wildman–Crippen LogP) is 2.64. The average molecular weight is 461 g/mol. The van der Waals surface area contributed by atoms with E-state index in [1.165, 1.54) is 12.1 Å². The number of aromatic amines is 1. The highest BCUT2D eigenvalue weighted by atomic mass is 19.1. The van der Waals surface area contributed by atoms with E-state index in [0.717, 1.165) is 16.8 Å². The van der Waals surface area contributed by atoms with Crippen LogP contribution in [0.4, 0.5) is 4.39 Å². The number of halogens is 1. The number of benzene rings is 1. The van der Waals surface area contributed by atoms with Gasteiger partial charge in [-0.1, -0.05) is 12.1 Å². The van der Waals surface area contributed by atoms with E-state index in [2.05, 4.69) is 25.1 Å². The van der Waals surface area contributed by atoms with Gasteiger partial charge in [0.05, 0.1) is 18.9 Å². The number of rotatable bonds is 5. The van der Waals surface area contributed by atoms with E-state index in [4.69, 9.17) is 14.2 Å². The molecule has 172 valence electrons. The Labute approximate surface area is 193 Å². The fourth-order valence-corrected chi connectivity index (χ4v) is 4.15. The van der Waals surface area contributed by atoms with Crippen LogP contribution in [0.25, 0.3) is 34.0 Å². The van der Waals surface area contributed by atoms with Gasteiger partial charge in [0.2, 0.25) is 5.88 Å². The summed E-state index contributed by atoms with van der Waals surface area (Å²) in [7, 11) is 0. The Morgan fingerprint density at radius 2 is 1.79 bits per heavy atom. The number of hydrogen-bond donors (Lipinski definition) is 2. The monoisotopic (exact) mass is 461 g/mol. The lowest BCUT2D eigenvalue weighted by Gasteiger charge is -2.17. The lowest BCUT2D eigenvalue weighted by Crippen LogP contribution is -2.34. The minimum atomic E-state index is -0.618. The quantitative estimate of drug-likeness (QED) is 0.466. The summed E-state index contributed by atoms with van der Waals surface area (Å²) >= 11 is 0. The van der Waals surface area contributed by atoms with E-state index in [9.17, 15) is 9.50 Å². The molecule has 2 saturated heterocycles. The lowest BCUT2D eigenvalue weighted by atomic mass is 10.1. The summed E-state index contributed by atoms with van der Waals surface area (Å²) in [6.07, 6.45) is 1.80. The van der Waals surface area contributed by atoms with Gasteiger partial charge in [-0.15, -0.1) is 0 Å². The molecule has 2 N–H and O–H groups in total. The number of nitrogens with one attached hydrogen (secondary N) is 1. The molecule has 1 aromatic carbocycles. The molecule has 5 heterocycles. The van der Waals surface area contributed by atoms with Crippen LogP contribution >= 0.6 is 0 Å². The van der Waals surface area contributed by atoms with E-state index in [1.54, 1.807) is 30.6 Å². The van der Waals surface area contributed by atoms with E-state index in [-0.39, 0.29) is 30.7 Å². The smallest absolute Gasteiger partial charge is 0.213 e. The number of aliphatic hydroxyl groups is 1. The molecule has 0 spiro atoms. The van der Waals surface area contributed by atoms with Crippen molar-refractivity contribution in [1.29, 1.82) is 0 Å².